The minimum absolute atomic E-state index is 0.0866. The largest absolute Gasteiger partial charge is 0.466 e. The van der Waals surface area contributed by atoms with Crippen molar-refractivity contribution in [3.63, 3.8) is 0 Å². The molecule has 1 aromatic heterocycles. The molecule has 0 amide bonds. The van der Waals surface area contributed by atoms with Crippen molar-refractivity contribution in [2.24, 2.45) is 0 Å². The normalized spacial score (nSPS) is 20.9. The second-order valence-corrected chi connectivity index (χ2v) is 6.91. The molecule has 7 heteroatoms. The molecular formula is C18H21NO5S. The minimum atomic E-state index is -0.486. The summed E-state index contributed by atoms with van der Waals surface area (Å²) >= 11 is 1.49. The molecule has 0 spiro atoms. The Morgan fingerprint density at radius 1 is 1.24 bits per heavy atom. The molecule has 6 nitrogen and oxygen atoms in total. The molecule has 25 heavy (non-hydrogen) atoms. The van der Waals surface area contributed by atoms with Crippen LogP contribution in [0, 0.1) is 0 Å². The van der Waals surface area contributed by atoms with Gasteiger partial charge in [0.15, 0.2) is 0 Å². The van der Waals surface area contributed by atoms with Gasteiger partial charge in [0.1, 0.15) is 0 Å². The van der Waals surface area contributed by atoms with Gasteiger partial charge in [0.2, 0.25) is 0 Å². The van der Waals surface area contributed by atoms with Crippen LogP contribution in [0.1, 0.15) is 23.6 Å². The zero-order valence-corrected chi connectivity index (χ0v) is 15.1. The first-order valence-corrected chi connectivity index (χ1v) is 9.02. The van der Waals surface area contributed by atoms with Gasteiger partial charge in [0.05, 0.1) is 37.4 Å². The van der Waals surface area contributed by atoms with E-state index in [0.29, 0.717) is 17.7 Å². The Morgan fingerprint density at radius 3 is 2.40 bits per heavy atom. The fraction of sp³-hybridized carbons (Fsp3) is 0.444. The Labute approximate surface area is 150 Å². The summed E-state index contributed by atoms with van der Waals surface area (Å²) in [6.45, 7) is 1.33. The van der Waals surface area contributed by atoms with Gasteiger partial charge >= 0.3 is 11.9 Å². The lowest BCUT2D eigenvalue weighted by Gasteiger charge is -2.30. The van der Waals surface area contributed by atoms with E-state index in [0.717, 1.165) is 24.3 Å². The Hall–Kier alpha value is -2.12. The number of carbonyl (C=O) groups excluding carboxylic acids is 2. The van der Waals surface area contributed by atoms with Crippen molar-refractivity contribution < 1.29 is 23.8 Å². The number of nitrogens with zero attached hydrogens (tertiary/aromatic N) is 1. The van der Waals surface area contributed by atoms with E-state index >= 15 is 0 Å². The van der Waals surface area contributed by atoms with Gasteiger partial charge in [-0.25, -0.2) is 9.59 Å². The molecule has 0 unspecified atom stereocenters. The van der Waals surface area contributed by atoms with E-state index in [1.54, 1.807) is 12.4 Å². The number of rotatable bonds is 5. The SMILES string of the molecule is COC(=O)C1=CN(C[C@@H]2CCCO2)C=C(C(=O)OC)C1c1cccs1. The molecule has 2 aliphatic heterocycles. The molecule has 2 aliphatic rings. The highest BCUT2D eigenvalue weighted by Crippen LogP contribution is 2.39. The third-order valence-electron chi connectivity index (χ3n) is 4.34. The first-order valence-electron chi connectivity index (χ1n) is 8.15. The lowest BCUT2D eigenvalue weighted by atomic mass is 9.88. The summed E-state index contributed by atoms with van der Waals surface area (Å²) in [5.41, 5.74) is 0.844. The molecule has 1 atom stereocenters. The summed E-state index contributed by atoms with van der Waals surface area (Å²) in [5, 5.41) is 1.91. The van der Waals surface area contributed by atoms with Crippen LogP contribution in [0.5, 0.6) is 0 Å². The maximum atomic E-state index is 12.4. The molecule has 0 bridgehead atoms. The van der Waals surface area contributed by atoms with Gasteiger partial charge in [-0.2, -0.15) is 0 Å². The number of ether oxygens (including phenoxy) is 3. The number of hydrogen-bond acceptors (Lipinski definition) is 7. The molecule has 0 saturated carbocycles. The molecule has 1 fully saturated rings. The minimum Gasteiger partial charge on any atom is -0.466 e. The number of hydrogen-bond donors (Lipinski definition) is 0. The van der Waals surface area contributed by atoms with E-state index in [1.807, 2.05) is 22.4 Å². The van der Waals surface area contributed by atoms with E-state index in [2.05, 4.69) is 0 Å². The van der Waals surface area contributed by atoms with Gasteiger partial charge in [-0.1, -0.05) is 6.07 Å². The van der Waals surface area contributed by atoms with Crippen molar-refractivity contribution in [1.29, 1.82) is 0 Å². The predicted octanol–water partition coefficient (Wildman–Crippen LogP) is 2.44. The lowest BCUT2D eigenvalue weighted by Crippen LogP contribution is -2.32. The van der Waals surface area contributed by atoms with Crippen molar-refractivity contribution >= 4 is 23.3 Å². The molecule has 0 N–H and O–H groups in total. The second-order valence-electron chi connectivity index (χ2n) is 5.93. The van der Waals surface area contributed by atoms with E-state index in [1.165, 1.54) is 25.6 Å². The van der Waals surface area contributed by atoms with E-state index < -0.39 is 17.9 Å². The number of thiophene rings is 1. The predicted molar refractivity (Wildman–Crippen MR) is 92.9 cm³/mol. The van der Waals surface area contributed by atoms with Gasteiger partial charge in [-0.3, -0.25) is 0 Å². The Bertz CT molecular complexity index is 654. The Balaban J connectivity index is 1.98. The quantitative estimate of drug-likeness (QED) is 0.749. The zero-order chi connectivity index (χ0) is 17.8. The number of esters is 2. The second kappa shape index (κ2) is 7.84. The van der Waals surface area contributed by atoms with E-state index in [9.17, 15) is 9.59 Å². The fourth-order valence-electron chi connectivity index (χ4n) is 3.18. The third kappa shape index (κ3) is 3.77. The highest BCUT2D eigenvalue weighted by molar-refractivity contribution is 7.10. The molecule has 3 heterocycles. The van der Waals surface area contributed by atoms with Crippen LogP contribution >= 0.6 is 11.3 Å². The van der Waals surface area contributed by atoms with E-state index in [-0.39, 0.29) is 6.10 Å². The highest BCUT2D eigenvalue weighted by atomic mass is 32.1. The van der Waals surface area contributed by atoms with Gasteiger partial charge in [0, 0.05) is 30.4 Å². The van der Waals surface area contributed by atoms with Crippen molar-refractivity contribution in [1.82, 2.24) is 4.90 Å². The summed E-state index contributed by atoms with van der Waals surface area (Å²) in [5.74, 6) is -1.39. The molecule has 0 aliphatic carbocycles. The third-order valence-corrected chi connectivity index (χ3v) is 5.28. The Kier molecular flexibility index (Phi) is 5.55. The summed E-state index contributed by atoms with van der Waals surface area (Å²) in [6, 6.07) is 3.79. The zero-order valence-electron chi connectivity index (χ0n) is 14.3. The number of methoxy groups -OCH3 is 2. The van der Waals surface area contributed by atoms with E-state index in [4.69, 9.17) is 14.2 Å². The highest BCUT2D eigenvalue weighted by Gasteiger charge is 2.36. The van der Waals surface area contributed by atoms with Crippen LogP contribution in [0.15, 0.2) is 41.1 Å². The average Bonchev–Trinajstić information content (AvgIpc) is 3.33. The molecule has 0 radical (unpaired) electrons. The first-order chi connectivity index (χ1) is 12.1. The van der Waals surface area contributed by atoms with Crippen LogP contribution < -0.4 is 0 Å². The topological polar surface area (TPSA) is 65.1 Å². The first kappa shape index (κ1) is 17.7. The summed E-state index contributed by atoms with van der Waals surface area (Å²) < 4.78 is 15.6. The molecular weight excluding hydrogens is 342 g/mol. The lowest BCUT2D eigenvalue weighted by molar-refractivity contribution is -0.137. The summed E-state index contributed by atoms with van der Waals surface area (Å²) in [7, 11) is 2.68. The van der Waals surface area contributed by atoms with Crippen LogP contribution in [-0.4, -0.2) is 50.3 Å². The molecule has 1 saturated heterocycles. The fourth-order valence-corrected chi connectivity index (χ4v) is 4.04. The summed E-state index contributed by atoms with van der Waals surface area (Å²) in [6.07, 6.45) is 5.59. The molecule has 3 rings (SSSR count). The molecule has 134 valence electrons. The van der Waals surface area contributed by atoms with Gasteiger partial charge < -0.3 is 19.1 Å². The maximum Gasteiger partial charge on any atom is 0.336 e. The number of carbonyl (C=O) groups is 2. The van der Waals surface area contributed by atoms with Crippen LogP contribution in [0.2, 0.25) is 0 Å². The van der Waals surface area contributed by atoms with Crippen LogP contribution in [0.4, 0.5) is 0 Å². The molecule has 0 aromatic carbocycles. The summed E-state index contributed by atoms with van der Waals surface area (Å²) in [4.78, 5) is 27.5. The molecule has 1 aromatic rings. The van der Waals surface area contributed by atoms with Crippen LogP contribution in [-0.2, 0) is 23.8 Å². The van der Waals surface area contributed by atoms with Crippen molar-refractivity contribution in [2.45, 2.75) is 24.9 Å². The van der Waals surface area contributed by atoms with Crippen molar-refractivity contribution in [3.8, 4) is 0 Å². The monoisotopic (exact) mass is 363 g/mol. The maximum absolute atomic E-state index is 12.4. The standard InChI is InChI=1S/C18H21NO5S/c1-22-17(20)13-10-19(9-12-5-3-7-24-12)11-14(18(21)23-2)16(13)15-6-4-8-25-15/h4,6,8,10-12,16H,3,5,7,9H2,1-2H3/t12-/m0/s1. The van der Waals surface area contributed by atoms with Crippen LogP contribution in [0.3, 0.4) is 0 Å². The van der Waals surface area contributed by atoms with Crippen molar-refractivity contribution in [2.75, 3.05) is 27.4 Å². The van der Waals surface area contributed by atoms with Gasteiger partial charge in [-0.05, 0) is 24.3 Å². The Morgan fingerprint density at radius 2 is 1.92 bits per heavy atom. The van der Waals surface area contributed by atoms with Gasteiger partial charge in [-0.15, -0.1) is 11.3 Å². The van der Waals surface area contributed by atoms with Crippen molar-refractivity contribution in [3.05, 3.63) is 45.9 Å². The van der Waals surface area contributed by atoms with Crippen LogP contribution in [0.25, 0.3) is 0 Å². The smallest absolute Gasteiger partial charge is 0.336 e. The van der Waals surface area contributed by atoms with Gasteiger partial charge in [0.25, 0.3) is 0 Å². The average molecular weight is 363 g/mol.